The highest BCUT2D eigenvalue weighted by Gasteiger charge is 2.27. The molecule has 3 aromatic carbocycles. The average Bonchev–Trinajstić information content (AvgIpc) is 2.83. The van der Waals surface area contributed by atoms with Crippen LogP contribution in [0.2, 0.25) is 13.1 Å². The number of nitrogens with zero attached hydrogens (tertiary/aromatic N) is 1. The van der Waals surface area contributed by atoms with Crippen molar-refractivity contribution in [1.29, 1.82) is 0 Å². The van der Waals surface area contributed by atoms with E-state index in [1.807, 2.05) is 11.6 Å². The molecule has 33 heavy (non-hydrogen) atoms. The molecule has 0 bridgehead atoms. The first-order chi connectivity index (χ1) is 16.4. The Labute approximate surface area is 203 Å². The smallest absolute Gasteiger partial charge is 0.200 e. The topological polar surface area (TPSA) is 3.88 Å². The second-order valence-corrected chi connectivity index (χ2v) is 14.9. The highest BCUT2D eigenvalue weighted by Crippen LogP contribution is 2.35. The zero-order valence-electron chi connectivity index (χ0n) is 23.4. The summed E-state index contributed by atoms with van der Waals surface area (Å²) >= 11 is 0. The maximum absolute atomic E-state index is 8.88. The van der Waals surface area contributed by atoms with Gasteiger partial charge in [0.15, 0.2) is 6.17 Å². The quantitative estimate of drug-likeness (QED) is 0.233. The van der Waals surface area contributed by atoms with Gasteiger partial charge in [-0.3, -0.25) is 0 Å². The maximum Gasteiger partial charge on any atom is 0.220 e. The summed E-state index contributed by atoms with van der Waals surface area (Å²) in [6.07, 6.45) is 0.254. The van der Waals surface area contributed by atoms with Crippen LogP contribution in [0, 0.1) is 6.92 Å². The van der Waals surface area contributed by atoms with Crippen molar-refractivity contribution >= 4 is 29.2 Å². The molecule has 0 aliphatic carbocycles. The number of hydrogen-bond donors (Lipinski definition) is 0. The Morgan fingerprint density at radius 3 is 2.18 bits per heavy atom. The standard InChI is InChI=1S/C31H38NSi/c1-21(2)25-19-29(22(3)4)23(5)30(20-25)31-28-15-14-27(18-24(28)16-17-32(31)6)33(7,8)26-12-10-9-11-13-26/h9-22H,1-8H3/q+1/i16D,17D. The zero-order chi connectivity index (χ0) is 25.7. The van der Waals surface area contributed by atoms with Crippen molar-refractivity contribution in [2.24, 2.45) is 7.05 Å². The van der Waals surface area contributed by atoms with E-state index in [1.54, 1.807) is 0 Å². The third kappa shape index (κ3) is 4.29. The summed E-state index contributed by atoms with van der Waals surface area (Å²) in [5.74, 6) is 0.831. The van der Waals surface area contributed by atoms with Crippen molar-refractivity contribution in [1.82, 2.24) is 0 Å². The average molecular weight is 455 g/mol. The number of fused-ring (bicyclic) bond motifs is 1. The van der Waals surface area contributed by atoms with E-state index in [0.29, 0.717) is 17.9 Å². The number of benzene rings is 3. The van der Waals surface area contributed by atoms with Crippen LogP contribution >= 0.6 is 0 Å². The molecular weight excluding hydrogens is 414 g/mol. The summed E-state index contributed by atoms with van der Waals surface area (Å²) in [4.78, 5) is 0. The van der Waals surface area contributed by atoms with Crippen molar-refractivity contribution < 1.29 is 7.31 Å². The number of aromatic nitrogens is 1. The molecule has 1 heterocycles. The van der Waals surface area contributed by atoms with E-state index in [9.17, 15) is 0 Å². The number of pyridine rings is 1. The molecule has 0 N–H and O–H groups in total. The molecule has 0 atom stereocenters. The summed E-state index contributed by atoms with van der Waals surface area (Å²) in [5.41, 5.74) is 6.15. The van der Waals surface area contributed by atoms with E-state index in [2.05, 4.69) is 108 Å². The van der Waals surface area contributed by atoms with Crippen LogP contribution in [0.15, 0.2) is 72.9 Å². The Bertz CT molecular complexity index is 1410. The second kappa shape index (κ2) is 8.91. The first kappa shape index (κ1) is 20.9. The molecule has 4 aromatic rings. The molecule has 0 aliphatic heterocycles. The van der Waals surface area contributed by atoms with Crippen LogP contribution in [0.5, 0.6) is 0 Å². The Morgan fingerprint density at radius 2 is 1.55 bits per heavy atom. The highest BCUT2D eigenvalue weighted by atomic mass is 28.3. The van der Waals surface area contributed by atoms with E-state index < -0.39 is 8.07 Å². The molecule has 0 unspecified atom stereocenters. The van der Waals surface area contributed by atoms with E-state index in [0.717, 1.165) is 16.5 Å². The van der Waals surface area contributed by atoms with Crippen molar-refractivity contribution in [2.75, 3.05) is 0 Å². The van der Waals surface area contributed by atoms with E-state index in [1.165, 1.54) is 32.6 Å². The van der Waals surface area contributed by atoms with Crippen LogP contribution in [-0.4, -0.2) is 8.07 Å². The van der Waals surface area contributed by atoms with Crippen LogP contribution in [0.25, 0.3) is 22.0 Å². The van der Waals surface area contributed by atoms with Gasteiger partial charge in [0.1, 0.15) is 16.5 Å². The molecule has 0 spiro atoms. The summed E-state index contributed by atoms with van der Waals surface area (Å²) < 4.78 is 19.6. The minimum Gasteiger partial charge on any atom is -0.200 e. The van der Waals surface area contributed by atoms with E-state index in [4.69, 9.17) is 2.74 Å². The van der Waals surface area contributed by atoms with Gasteiger partial charge in [-0.2, -0.15) is 0 Å². The fourth-order valence-corrected chi connectivity index (χ4v) is 7.27. The summed E-state index contributed by atoms with van der Waals surface area (Å²) in [6, 6.07) is 22.3. The van der Waals surface area contributed by atoms with Crippen molar-refractivity contribution in [3.8, 4) is 11.3 Å². The van der Waals surface area contributed by atoms with E-state index >= 15 is 0 Å². The first-order valence-corrected chi connectivity index (χ1v) is 15.1. The normalized spacial score (nSPS) is 13.0. The molecule has 0 fully saturated rings. The lowest BCUT2D eigenvalue weighted by atomic mass is 9.86. The van der Waals surface area contributed by atoms with Gasteiger partial charge in [0.05, 0.1) is 12.3 Å². The van der Waals surface area contributed by atoms with Crippen LogP contribution in [-0.2, 0) is 7.05 Å². The lowest BCUT2D eigenvalue weighted by molar-refractivity contribution is -0.659. The number of rotatable bonds is 5. The fourth-order valence-electron chi connectivity index (χ4n) is 4.91. The molecule has 170 valence electrons. The maximum atomic E-state index is 8.88. The minimum absolute atomic E-state index is 0.254. The van der Waals surface area contributed by atoms with Gasteiger partial charge in [0, 0.05) is 6.04 Å². The van der Waals surface area contributed by atoms with Crippen molar-refractivity contribution in [2.45, 2.75) is 59.5 Å². The zero-order valence-corrected chi connectivity index (χ0v) is 22.4. The first-order valence-electron chi connectivity index (χ1n) is 13.1. The van der Waals surface area contributed by atoms with Crippen LogP contribution in [0.4, 0.5) is 0 Å². The lowest BCUT2D eigenvalue weighted by Crippen LogP contribution is -2.52. The van der Waals surface area contributed by atoms with Gasteiger partial charge in [-0.1, -0.05) is 99.7 Å². The van der Waals surface area contributed by atoms with Crippen LogP contribution in [0.3, 0.4) is 0 Å². The third-order valence-electron chi connectivity index (χ3n) is 7.20. The molecule has 1 aromatic heterocycles. The highest BCUT2D eigenvalue weighted by molar-refractivity contribution is 7.00. The summed E-state index contributed by atoms with van der Waals surface area (Å²) in [7, 11) is -0.000530. The Kier molecular flexibility index (Phi) is 5.63. The molecule has 2 heteroatoms. The largest absolute Gasteiger partial charge is 0.220 e. The second-order valence-electron chi connectivity index (χ2n) is 10.5. The minimum atomic E-state index is -1.93. The third-order valence-corrected chi connectivity index (χ3v) is 10.7. The van der Waals surface area contributed by atoms with Crippen molar-refractivity contribution in [3.63, 3.8) is 0 Å². The molecule has 0 aliphatic rings. The molecule has 0 radical (unpaired) electrons. The summed E-state index contributed by atoms with van der Waals surface area (Å²) in [6.45, 7) is 15.9. The molecule has 0 amide bonds. The predicted octanol–water partition coefficient (Wildman–Crippen LogP) is 6.71. The number of hydrogen-bond acceptors (Lipinski definition) is 0. The Morgan fingerprint density at radius 1 is 0.848 bits per heavy atom. The van der Waals surface area contributed by atoms with Gasteiger partial charge in [-0.25, -0.2) is 4.57 Å². The lowest BCUT2D eigenvalue weighted by Gasteiger charge is -2.24. The monoisotopic (exact) mass is 454 g/mol. The van der Waals surface area contributed by atoms with Crippen LogP contribution in [0.1, 0.15) is 59.0 Å². The van der Waals surface area contributed by atoms with E-state index in [-0.39, 0.29) is 6.17 Å². The Hall–Kier alpha value is -2.71. The van der Waals surface area contributed by atoms with Gasteiger partial charge in [-0.05, 0) is 53.0 Å². The fraction of sp³-hybridized carbons (Fsp3) is 0.323. The molecule has 4 rings (SSSR count). The van der Waals surface area contributed by atoms with Gasteiger partial charge >= 0.3 is 0 Å². The van der Waals surface area contributed by atoms with Crippen LogP contribution < -0.4 is 14.9 Å². The van der Waals surface area contributed by atoms with Gasteiger partial charge in [0.25, 0.3) is 0 Å². The Balaban J connectivity index is 2.05. The molecule has 0 saturated heterocycles. The van der Waals surface area contributed by atoms with Gasteiger partial charge < -0.3 is 0 Å². The predicted molar refractivity (Wildman–Crippen MR) is 147 cm³/mol. The summed E-state index contributed by atoms with van der Waals surface area (Å²) in [5, 5.41) is 4.59. The van der Waals surface area contributed by atoms with Crippen molar-refractivity contribution in [3.05, 3.63) is 89.6 Å². The molecule has 0 saturated carbocycles. The molecular formula is C31H38NSi+. The van der Waals surface area contributed by atoms with Gasteiger partial charge in [0.2, 0.25) is 5.69 Å². The molecule has 1 nitrogen and oxygen atoms in total. The SMILES string of the molecule is [2H]c1c([2H])[n+](C)c(-c2cc(C(C)C)cc(C(C)C)c2C)c2ccc([Si](C)(C)c3ccccc3)cc12. The van der Waals surface area contributed by atoms with Gasteiger partial charge in [-0.15, -0.1) is 0 Å².